The van der Waals surface area contributed by atoms with Crippen LogP contribution >= 0.6 is 0 Å². The predicted octanol–water partition coefficient (Wildman–Crippen LogP) is 3.20. The number of rotatable bonds is 4. The van der Waals surface area contributed by atoms with Crippen LogP contribution in [0.15, 0.2) is 42.6 Å². The summed E-state index contributed by atoms with van der Waals surface area (Å²) in [6.07, 6.45) is 2.91. The lowest BCUT2D eigenvalue weighted by molar-refractivity contribution is 0.572. The second-order valence-corrected chi connectivity index (χ2v) is 4.75. The Bertz CT molecular complexity index is 506. The number of aromatic nitrogens is 1. The maximum atomic E-state index is 4.58. The fourth-order valence-electron chi connectivity index (χ4n) is 2.28. The lowest BCUT2D eigenvalue weighted by Gasteiger charge is -2.18. The van der Waals surface area contributed by atoms with Crippen LogP contribution in [-0.4, -0.2) is 12.0 Å². The van der Waals surface area contributed by atoms with E-state index in [1.165, 1.54) is 16.7 Å². The van der Waals surface area contributed by atoms with E-state index in [0.717, 1.165) is 12.1 Å². The molecule has 0 aliphatic heterocycles. The first-order valence-electron chi connectivity index (χ1n) is 6.35. The molecule has 0 saturated heterocycles. The van der Waals surface area contributed by atoms with Gasteiger partial charge >= 0.3 is 0 Å². The highest BCUT2D eigenvalue weighted by atomic mass is 14.9. The molecule has 94 valence electrons. The summed E-state index contributed by atoms with van der Waals surface area (Å²) in [5.74, 6) is 0. The molecule has 1 N–H and O–H groups in total. The molecule has 0 aliphatic rings. The molecule has 18 heavy (non-hydrogen) atoms. The monoisotopic (exact) mass is 240 g/mol. The summed E-state index contributed by atoms with van der Waals surface area (Å²) in [4.78, 5) is 4.58. The molecule has 0 saturated carbocycles. The van der Waals surface area contributed by atoms with Gasteiger partial charge in [-0.15, -0.1) is 0 Å². The van der Waals surface area contributed by atoms with E-state index in [4.69, 9.17) is 0 Å². The molecule has 2 heteroatoms. The Balaban J connectivity index is 2.23. The Labute approximate surface area is 109 Å². The number of nitrogens with zero attached hydrogens (tertiary/aromatic N) is 1. The van der Waals surface area contributed by atoms with Crippen molar-refractivity contribution in [2.24, 2.45) is 0 Å². The van der Waals surface area contributed by atoms with E-state index in [2.05, 4.69) is 54.5 Å². The van der Waals surface area contributed by atoms with E-state index in [1.54, 1.807) is 0 Å². The minimum atomic E-state index is 0.271. The summed E-state index contributed by atoms with van der Waals surface area (Å²) in [6.45, 7) is 4.21. The van der Waals surface area contributed by atoms with Crippen molar-refractivity contribution in [1.82, 2.24) is 10.3 Å². The second kappa shape index (κ2) is 5.78. The van der Waals surface area contributed by atoms with Crippen LogP contribution in [0.3, 0.4) is 0 Å². The molecule has 1 unspecified atom stereocenters. The molecule has 1 heterocycles. The van der Waals surface area contributed by atoms with E-state index < -0.39 is 0 Å². The van der Waals surface area contributed by atoms with Crippen LogP contribution in [-0.2, 0) is 6.42 Å². The van der Waals surface area contributed by atoms with Gasteiger partial charge < -0.3 is 5.32 Å². The first kappa shape index (κ1) is 12.8. The van der Waals surface area contributed by atoms with Gasteiger partial charge in [-0.2, -0.15) is 0 Å². The zero-order chi connectivity index (χ0) is 13.0. The average molecular weight is 240 g/mol. The third-order valence-corrected chi connectivity index (χ3v) is 3.22. The maximum absolute atomic E-state index is 4.58. The molecule has 2 rings (SSSR count). The van der Waals surface area contributed by atoms with E-state index in [-0.39, 0.29) is 6.04 Å². The Hall–Kier alpha value is -1.67. The standard InChI is InChI=1S/C16H20N2/c1-12-9-13(2)16(18-11-12)15(17-3)10-14-7-5-4-6-8-14/h4-9,11,15,17H,10H2,1-3H3. The maximum Gasteiger partial charge on any atom is 0.0605 e. The van der Waals surface area contributed by atoms with E-state index in [9.17, 15) is 0 Å². The Morgan fingerprint density at radius 1 is 1.17 bits per heavy atom. The second-order valence-electron chi connectivity index (χ2n) is 4.75. The summed E-state index contributed by atoms with van der Waals surface area (Å²) < 4.78 is 0. The van der Waals surface area contributed by atoms with Crippen molar-refractivity contribution in [3.8, 4) is 0 Å². The molecular weight excluding hydrogens is 220 g/mol. The van der Waals surface area contributed by atoms with Crippen molar-refractivity contribution in [3.05, 3.63) is 65.0 Å². The van der Waals surface area contributed by atoms with Crippen LogP contribution in [0.4, 0.5) is 0 Å². The summed E-state index contributed by atoms with van der Waals surface area (Å²) in [6, 6.07) is 13.0. The smallest absolute Gasteiger partial charge is 0.0605 e. The number of aryl methyl sites for hydroxylation is 2. The van der Waals surface area contributed by atoms with Crippen molar-refractivity contribution in [2.75, 3.05) is 7.05 Å². The Kier molecular flexibility index (Phi) is 4.11. The van der Waals surface area contributed by atoms with Gasteiger partial charge in [0, 0.05) is 6.20 Å². The van der Waals surface area contributed by atoms with Crippen LogP contribution in [0.1, 0.15) is 28.4 Å². The number of benzene rings is 1. The van der Waals surface area contributed by atoms with Crippen LogP contribution in [0, 0.1) is 13.8 Å². The van der Waals surface area contributed by atoms with Gasteiger partial charge in [-0.05, 0) is 44.0 Å². The molecule has 2 aromatic rings. The van der Waals surface area contributed by atoms with Gasteiger partial charge in [0.15, 0.2) is 0 Å². The number of likely N-dealkylation sites (N-methyl/N-ethyl adjacent to an activating group) is 1. The third-order valence-electron chi connectivity index (χ3n) is 3.22. The van der Waals surface area contributed by atoms with Gasteiger partial charge in [0.2, 0.25) is 0 Å². The molecule has 2 nitrogen and oxygen atoms in total. The summed E-state index contributed by atoms with van der Waals surface area (Å²) in [5.41, 5.74) is 4.95. The largest absolute Gasteiger partial charge is 0.311 e. The van der Waals surface area contributed by atoms with Crippen molar-refractivity contribution in [2.45, 2.75) is 26.3 Å². The Morgan fingerprint density at radius 3 is 2.50 bits per heavy atom. The van der Waals surface area contributed by atoms with Crippen molar-refractivity contribution in [1.29, 1.82) is 0 Å². The van der Waals surface area contributed by atoms with E-state index >= 15 is 0 Å². The fourth-order valence-corrected chi connectivity index (χ4v) is 2.28. The quantitative estimate of drug-likeness (QED) is 0.887. The van der Waals surface area contributed by atoms with Crippen LogP contribution < -0.4 is 5.32 Å². The van der Waals surface area contributed by atoms with E-state index in [1.807, 2.05) is 19.3 Å². The first-order valence-corrected chi connectivity index (χ1v) is 6.35. The molecule has 0 bridgehead atoms. The van der Waals surface area contributed by atoms with Gasteiger partial charge in [0.25, 0.3) is 0 Å². The zero-order valence-electron chi connectivity index (χ0n) is 11.3. The molecule has 0 aliphatic carbocycles. The van der Waals surface area contributed by atoms with E-state index in [0.29, 0.717) is 0 Å². The molecule has 0 radical (unpaired) electrons. The number of pyridine rings is 1. The average Bonchev–Trinajstić information content (AvgIpc) is 2.38. The summed E-state index contributed by atoms with van der Waals surface area (Å²) in [7, 11) is 1.99. The highest BCUT2D eigenvalue weighted by molar-refractivity contribution is 5.27. The number of hydrogen-bond donors (Lipinski definition) is 1. The number of nitrogens with one attached hydrogen (secondary N) is 1. The summed E-state index contributed by atoms with van der Waals surface area (Å²) >= 11 is 0. The number of hydrogen-bond acceptors (Lipinski definition) is 2. The van der Waals surface area contributed by atoms with Gasteiger partial charge in [-0.3, -0.25) is 4.98 Å². The minimum Gasteiger partial charge on any atom is -0.311 e. The van der Waals surface area contributed by atoms with Crippen LogP contribution in [0.2, 0.25) is 0 Å². The van der Waals surface area contributed by atoms with Gasteiger partial charge in [-0.1, -0.05) is 36.4 Å². The van der Waals surface area contributed by atoms with Crippen LogP contribution in [0.5, 0.6) is 0 Å². The van der Waals surface area contributed by atoms with Gasteiger partial charge in [-0.25, -0.2) is 0 Å². The predicted molar refractivity (Wildman–Crippen MR) is 75.7 cm³/mol. The Morgan fingerprint density at radius 2 is 1.89 bits per heavy atom. The third kappa shape index (κ3) is 2.96. The molecule has 0 fully saturated rings. The topological polar surface area (TPSA) is 24.9 Å². The minimum absolute atomic E-state index is 0.271. The van der Waals surface area contributed by atoms with Crippen molar-refractivity contribution < 1.29 is 0 Å². The summed E-state index contributed by atoms with van der Waals surface area (Å²) in [5, 5.41) is 3.36. The first-order chi connectivity index (χ1) is 8.70. The van der Waals surface area contributed by atoms with Gasteiger partial charge in [0.1, 0.15) is 0 Å². The highest BCUT2D eigenvalue weighted by Gasteiger charge is 2.13. The fraction of sp³-hybridized carbons (Fsp3) is 0.312. The molecule has 1 aromatic carbocycles. The van der Waals surface area contributed by atoms with Crippen molar-refractivity contribution >= 4 is 0 Å². The lowest BCUT2D eigenvalue weighted by atomic mass is 9.99. The normalized spacial score (nSPS) is 12.4. The SMILES string of the molecule is CNC(Cc1ccccc1)c1ncc(C)cc1C. The highest BCUT2D eigenvalue weighted by Crippen LogP contribution is 2.20. The molecule has 0 amide bonds. The van der Waals surface area contributed by atoms with Gasteiger partial charge in [0.05, 0.1) is 11.7 Å². The molecular formula is C16H20N2. The van der Waals surface area contributed by atoms with Crippen LogP contribution in [0.25, 0.3) is 0 Å². The lowest BCUT2D eigenvalue weighted by Crippen LogP contribution is -2.21. The zero-order valence-corrected chi connectivity index (χ0v) is 11.3. The molecule has 1 atom stereocenters. The van der Waals surface area contributed by atoms with Crippen molar-refractivity contribution in [3.63, 3.8) is 0 Å². The molecule has 0 spiro atoms. The molecule has 1 aromatic heterocycles.